The third-order valence-electron chi connectivity index (χ3n) is 3.17. The molecule has 6 heteroatoms. The van der Waals surface area contributed by atoms with Gasteiger partial charge in [-0.1, -0.05) is 6.42 Å². The average molecular weight is 300 g/mol. The zero-order valence-electron chi connectivity index (χ0n) is 11.4. The summed E-state index contributed by atoms with van der Waals surface area (Å²) >= 11 is 0. The highest BCUT2D eigenvalue weighted by Crippen LogP contribution is 2.22. The van der Waals surface area contributed by atoms with E-state index in [1.54, 1.807) is 0 Å². The topological polar surface area (TPSA) is 58.4 Å². The third kappa shape index (κ3) is 8.14. The molecule has 0 spiro atoms. The van der Waals surface area contributed by atoms with Gasteiger partial charge in [0.2, 0.25) is 5.91 Å². The fourth-order valence-electron chi connectivity index (χ4n) is 2.22. The normalized spacial score (nSPS) is 22.9. The summed E-state index contributed by atoms with van der Waals surface area (Å²) in [5, 5.41) is 3.01. The molecule has 0 aliphatic heterocycles. The minimum atomic E-state index is 0. The first kappa shape index (κ1) is 20.3. The van der Waals surface area contributed by atoms with Crippen molar-refractivity contribution in [3.63, 3.8) is 0 Å². The maximum absolute atomic E-state index is 11.8. The van der Waals surface area contributed by atoms with Crippen molar-refractivity contribution < 1.29 is 4.79 Å². The largest absolute Gasteiger partial charge is 0.356 e. The van der Waals surface area contributed by atoms with Crippen LogP contribution in [0.4, 0.5) is 0 Å². The Kier molecular flexibility index (Phi) is 12.2. The Morgan fingerprint density at radius 2 is 2.00 bits per heavy atom. The van der Waals surface area contributed by atoms with Crippen molar-refractivity contribution in [1.29, 1.82) is 0 Å². The Bertz CT molecular complexity index is 227. The summed E-state index contributed by atoms with van der Waals surface area (Å²) in [5.41, 5.74) is 5.87. The van der Waals surface area contributed by atoms with E-state index in [0.717, 1.165) is 45.2 Å². The smallest absolute Gasteiger partial charge is 0.223 e. The summed E-state index contributed by atoms with van der Waals surface area (Å²) in [4.78, 5) is 13.9. The summed E-state index contributed by atoms with van der Waals surface area (Å²) in [7, 11) is 4.09. The molecule has 1 saturated carbocycles. The van der Waals surface area contributed by atoms with Crippen LogP contribution in [0.15, 0.2) is 0 Å². The first-order valence-electron chi connectivity index (χ1n) is 6.27. The van der Waals surface area contributed by atoms with Crippen LogP contribution in [-0.2, 0) is 4.79 Å². The van der Waals surface area contributed by atoms with Gasteiger partial charge < -0.3 is 16.0 Å². The number of nitrogens with one attached hydrogen (secondary N) is 1. The zero-order chi connectivity index (χ0) is 12.0. The molecular weight excluding hydrogens is 273 g/mol. The molecule has 0 aromatic carbocycles. The third-order valence-corrected chi connectivity index (χ3v) is 3.17. The van der Waals surface area contributed by atoms with Crippen molar-refractivity contribution in [2.75, 3.05) is 27.2 Å². The number of amides is 1. The van der Waals surface area contributed by atoms with E-state index >= 15 is 0 Å². The summed E-state index contributed by atoms with van der Waals surface area (Å²) in [5.74, 6) is 0.358. The molecule has 0 aromatic rings. The molecule has 1 fully saturated rings. The lowest BCUT2D eigenvalue weighted by molar-refractivity contribution is -0.126. The van der Waals surface area contributed by atoms with Gasteiger partial charge in [0.1, 0.15) is 0 Å². The molecule has 0 bridgehead atoms. The number of rotatable bonds is 5. The predicted octanol–water partition coefficient (Wildman–Crippen LogP) is 1.42. The van der Waals surface area contributed by atoms with Gasteiger partial charge in [0, 0.05) is 18.5 Å². The molecular formula is C12H27Cl2N3O. The second kappa shape index (κ2) is 10.9. The van der Waals surface area contributed by atoms with Crippen molar-refractivity contribution in [1.82, 2.24) is 10.2 Å². The van der Waals surface area contributed by atoms with E-state index in [4.69, 9.17) is 5.73 Å². The van der Waals surface area contributed by atoms with Gasteiger partial charge in [-0.15, -0.1) is 24.8 Å². The molecule has 1 amide bonds. The standard InChI is InChI=1S/C12H25N3O.2ClH/c1-15(2)8-4-7-14-12(16)10-5-3-6-11(13)9-10;;/h10-11H,3-9,13H2,1-2H3,(H,14,16);2*1H. The molecule has 1 aliphatic rings. The Labute approximate surface area is 123 Å². The SMILES string of the molecule is CN(C)CCCNC(=O)C1CCCC(N)C1.Cl.Cl. The van der Waals surface area contributed by atoms with Gasteiger partial charge in [0.05, 0.1) is 0 Å². The minimum Gasteiger partial charge on any atom is -0.356 e. The van der Waals surface area contributed by atoms with Crippen molar-refractivity contribution in [2.45, 2.75) is 38.1 Å². The van der Waals surface area contributed by atoms with Crippen LogP contribution in [0.2, 0.25) is 0 Å². The van der Waals surface area contributed by atoms with E-state index in [1.807, 2.05) is 14.1 Å². The molecule has 0 saturated heterocycles. The van der Waals surface area contributed by atoms with E-state index < -0.39 is 0 Å². The minimum absolute atomic E-state index is 0. The van der Waals surface area contributed by atoms with Crippen LogP contribution in [0.5, 0.6) is 0 Å². The molecule has 3 N–H and O–H groups in total. The van der Waals surface area contributed by atoms with E-state index in [2.05, 4.69) is 10.2 Å². The number of nitrogens with zero attached hydrogens (tertiary/aromatic N) is 1. The molecule has 2 atom stereocenters. The monoisotopic (exact) mass is 299 g/mol. The number of nitrogens with two attached hydrogens (primary N) is 1. The summed E-state index contributed by atoms with van der Waals surface area (Å²) < 4.78 is 0. The van der Waals surface area contributed by atoms with Gasteiger partial charge in [-0.25, -0.2) is 0 Å². The molecule has 1 rings (SSSR count). The maximum Gasteiger partial charge on any atom is 0.223 e. The highest BCUT2D eigenvalue weighted by Gasteiger charge is 2.24. The fourth-order valence-corrected chi connectivity index (χ4v) is 2.22. The average Bonchev–Trinajstić information content (AvgIpc) is 2.24. The van der Waals surface area contributed by atoms with E-state index in [1.165, 1.54) is 0 Å². The quantitative estimate of drug-likeness (QED) is 0.755. The van der Waals surface area contributed by atoms with Crippen LogP contribution in [0.25, 0.3) is 0 Å². The van der Waals surface area contributed by atoms with E-state index in [-0.39, 0.29) is 42.7 Å². The van der Waals surface area contributed by atoms with Crippen LogP contribution in [0, 0.1) is 5.92 Å². The van der Waals surface area contributed by atoms with Crippen molar-refractivity contribution in [2.24, 2.45) is 11.7 Å². The number of halogens is 2. The number of carbonyl (C=O) groups is 1. The van der Waals surface area contributed by atoms with Crippen LogP contribution in [-0.4, -0.2) is 44.0 Å². The van der Waals surface area contributed by atoms with Gasteiger partial charge in [0.25, 0.3) is 0 Å². The molecule has 0 heterocycles. The first-order valence-corrected chi connectivity index (χ1v) is 6.27. The van der Waals surface area contributed by atoms with Crippen molar-refractivity contribution in [3.8, 4) is 0 Å². The van der Waals surface area contributed by atoms with Crippen LogP contribution >= 0.6 is 24.8 Å². The van der Waals surface area contributed by atoms with Gasteiger partial charge >= 0.3 is 0 Å². The Balaban J connectivity index is 0. The lowest BCUT2D eigenvalue weighted by Gasteiger charge is -2.25. The van der Waals surface area contributed by atoms with Gasteiger partial charge in [-0.05, 0) is 46.3 Å². The lowest BCUT2D eigenvalue weighted by atomic mass is 9.85. The molecule has 110 valence electrons. The summed E-state index contributed by atoms with van der Waals surface area (Å²) in [6.07, 6.45) is 5.05. The van der Waals surface area contributed by atoms with Crippen molar-refractivity contribution >= 4 is 30.7 Å². The fraction of sp³-hybridized carbons (Fsp3) is 0.917. The molecule has 0 radical (unpaired) electrons. The van der Waals surface area contributed by atoms with Crippen LogP contribution < -0.4 is 11.1 Å². The predicted molar refractivity (Wildman–Crippen MR) is 80.6 cm³/mol. The molecule has 2 unspecified atom stereocenters. The zero-order valence-corrected chi connectivity index (χ0v) is 13.0. The van der Waals surface area contributed by atoms with E-state index in [9.17, 15) is 4.79 Å². The summed E-state index contributed by atoms with van der Waals surface area (Å²) in [6, 6.07) is 0.228. The molecule has 4 nitrogen and oxygen atoms in total. The molecule has 1 aliphatic carbocycles. The molecule has 18 heavy (non-hydrogen) atoms. The van der Waals surface area contributed by atoms with E-state index in [0.29, 0.717) is 0 Å². The maximum atomic E-state index is 11.8. The lowest BCUT2D eigenvalue weighted by Crippen LogP contribution is -2.38. The Morgan fingerprint density at radius 3 is 2.56 bits per heavy atom. The van der Waals surface area contributed by atoms with Crippen molar-refractivity contribution in [3.05, 3.63) is 0 Å². The highest BCUT2D eigenvalue weighted by molar-refractivity contribution is 5.85. The highest BCUT2D eigenvalue weighted by atomic mass is 35.5. The number of hydrogen-bond acceptors (Lipinski definition) is 3. The van der Waals surface area contributed by atoms with Gasteiger partial charge in [-0.2, -0.15) is 0 Å². The van der Waals surface area contributed by atoms with Crippen LogP contribution in [0.1, 0.15) is 32.1 Å². The Hall–Kier alpha value is -0.0300. The first-order chi connectivity index (χ1) is 7.59. The van der Waals surface area contributed by atoms with Gasteiger partial charge in [-0.3, -0.25) is 4.79 Å². The Morgan fingerprint density at radius 1 is 1.33 bits per heavy atom. The number of hydrogen-bond donors (Lipinski definition) is 2. The number of carbonyl (C=O) groups excluding carboxylic acids is 1. The van der Waals surface area contributed by atoms with Crippen LogP contribution in [0.3, 0.4) is 0 Å². The molecule has 0 aromatic heterocycles. The van der Waals surface area contributed by atoms with Gasteiger partial charge in [0.15, 0.2) is 0 Å². The second-order valence-electron chi connectivity index (χ2n) is 5.07. The summed E-state index contributed by atoms with van der Waals surface area (Å²) in [6.45, 7) is 1.80. The second-order valence-corrected chi connectivity index (χ2v) is 5.07.